The maximum absolute atomic E-state index is 12.6. The van der Waals surface area contributed by atoms with Crippen LogP contribution in [0.1, 0.15) is 39.3 Å². The van der Waals surface area contributed by atoms with Crippen molar-refractivity contribution in [2.75, 3.05) is 13.1 Å². The molecule has 4 nitrogen and oxygen atoms in total. The summed E-state index contributed by atoms with van der Waals surface area (Å²) in [5.41, 5.74) is 0.861. The van der Waals surface area contributed by atoms with Crippen LogP contribution in [0.15, 0.2) is 18.2 Å². The van der Waals surface area contributed by atoms with E-state index < -0.39 is 0 Å². The van der Waals surface area contributed by atoms with Gasteiger partial charge in [-0.25, -0.2) is 0 Å². The fraction of sp³-hybridized carbons (Fsp3) is 0.588. The van der Waals surface area contributed by atoms with E-state index in [-0.39, 0.29) is 30.2 Å². The lowest BCUT2D eigenvalue weighted by molar-refractivity contribution is -0.132. The normalized spacial score (nSPS) is 25.0. The molecule has 1 N–H and O–H groups in total. The van der Waals surface area contributed by atoms with Gasteiger partial charge in [-0.3, -0.25) is 9.69 Å². The molecule has 1 heterocycles. The molecular formula is C17H24Cl2N2O2. The van der Waals surface area contributed by atoms with Crippen molar-refractivity contribution in [1.29, 1.82) is 0 Å². The number of carbonyl (C=O) groups excluding carboxylic acids is 1. The molecule has 4 atom stereocenters. The van der Waals surface area contributed by atoms with Crippen LogP contribution in [0.5, 0.6) is 0 Å². The third-order valence-electron chi connectivity index (χ3n) is 4.16. The molecule has 6 heteroatoms. The lowest BCUT2D eigenvalue weighted by Crippen LogP contribution is -2.54. The standard InChI is InChI=1S/C17H24Cl2N2O2/c1-10-8-21(9-11(2)23-10)13(4)17(22)20-12(3)15-6-5-14(18)7-16(15)19/h5-7,10-13H,8-9H2,1-4H3,(H,20,22). The van der Waals surface area contributed by atoms with E-state index in [9.17, 15) is 4.79 Å². The molecule has 0 saturated carbocycles. The van der Waals surface area contributed by atoms with Crippen molar-refractivity contribution in [3.63, 3.8) is 0 Å². The van der Waals surface area contributed by atoms with Crippen molar-refractivity contribution in [2.45, 2.75) is 52.0 Å². The zero-order valence-corrected chi connectivity index (χ0v) is 15.5. The van der Waals surface area contributed by atoms with Gasteiger partial charge in [0.15, 0.2) is 0 Å². The van der Waals surface area contributed by atoms with Crippen molar-refractivity contribution in [3.05, 3.63) is 33.8 Å². The zero-order valence-electron chi connectivity index (χ0n) is 14.0. The Hall–Kier alpha value is -0.810. The summed E-state index contributed by atoms with van der Waals surface area (Å²) in [4.78, 5) is 14.7. The maximum Gasteiger partial charge on any atom is 0.237 e. The van der Waals surface area contributed by atoms with Crippen LogP contribution in [0.25, 0.3) is 0 Å². The third kappa shape index (κ3) is 4.83. The molecule has 1 aliphatic heterocycles. The third-order valence-corrected chi connectivity index (χ3v) is 4.73. The first-order chi connectivity index (χ1) is 10.8. The first kappa shape index (κ1) is 18.5. The number of rotatable bonds is 4. The lowest BCUT2D eigenvalue weighted by Gasteiger charge is -2.38. The second-order valence-electron chi connectivity index (χ2n) is 6.28. The van der Waals surface area contributed by atoms with Crippen LogP contribution in [-0.4, -0.2) is 42.1 Å². The summed E-state index contributed by atoms with van der Waals surface area (Å²) in [6.07, 6.45) is 0.272. The van der Waals surface area contributed by atoms with Crippen molar-refractivity contribution >= 4 is 29.1 Å². The number of hydrogen-bond donors (Lipinski definition) is 1. The maximum atomic E-state index is 12.6. The number of benzene rings is 1. The number of halogens is 2. The Bertz CT molecular complexity index is 558. The van der Waals surface area contributed by atoms with Crippen LogP contribution in [0.4, 0.5) is 0 Å². The summed E-state index contributed by atoms with van der Waals surface area (Å²) in [6.45, 7) is 9.43. The highest BCUT2D eigenvalue weighted by atomic mass is 35.5. The molecule has 0 radical (unpaired) electrons. The average Bonchev–Trinajstić information content (AvgIpc) is 2.45. The summed E-state index contributed by atoms with van der Waals surface area (Å²) in [5, 5.41) is 4.18. The number of morpholine rings is 1. The van der Waals surface area contributed by atoms with Gasteiger partial charge in [-0.15, -0.1) is 0 Å². The highest BCUT2D eigenvalue weighted by molar-refractivity contribution is 6.35. The Morgan fingerprint density at radius 1 is 1.26 bits per heavy atom. The van der Waals surface area contributed by atoms with Crippen molar-refractivity contribution < 1.29 is 9.53 Å². The van der Waals surface area contributed by atoms with E-state index in [1.165, 1.54) is 0 Å². The Morgan fingerprint density at radius 3 is 2.43 bits per heavy atom. The summed E-state index contributed by atoms with van der Waals surface area (Å²) < 4.78 is 5.72. The molecule has 0 aromatic heterocycles. The van der Waals surface area contributed by atoms with Crippen LogP contribution < -0.4 is 5.32 Å². The highest BCUT2D eigenvalue weighted by Crippen LogP contribution is 2.26. The lowest BCUT2D eigenvalue weighted by atomic mass is 10.1. The molecule has 1 saturated heterocycles. The fourth-order valence-electron chi connectivity index (χ4n) is 2.96. The van der Waals surface area contributed by atoms with Gasteiger partial charge in [0.1, 0.15) is 0 Å². The van der Waals surface area contributed by atoms with Crippen LogP contribution in [0.3, 0.4) is 0 Å². The number of nitrogens with one attached hydrogen (secondary N) is 1. The molecule has 128 valence electrons. The largest absolute Gasteiger partial charge is 0.373 e. The van der Waals surface area contributed by atoms with E-state index in [0.717, 1.165) is 18.7 Å². The van der Waals surface area contributed by atoms with Gasteiger partial charge in [0, 0.05) is 23.1 Å². The van der Waals surface area contributed by atoms with E-state index in [0.29, 0.717) is 10.0 Å². The molecule has 0 spiro atoms. The zero-order chi connectivity index (χ0) is 17.1. The second-order valence-corrected chi connectivity index (χ2v) is 7.13. The Kier molecular flexibility index (Phi) is 6.32. The van der Waals surface area contributed by atoms with E-state index in [1.807, 2.05) is 33.8 Å². The van der Waals surface area contributed by atoms with E-state index in [4.69, 9.17) is 27.9 Å². The molecule has 23 heavy (non-hydrogen) atoms. The summed E-state index contributed by atoms with van der Waals surface area (Å²) in [7, 11) is 0. The van der Waals surface area contributed by atoms with Crippen LogP contribution in [-0.2, 0) is 9.53 Å². The SMILES string of the molecule is CC1CN(C(C)C(=O)NC(C)c2ccc(Cl)cc2Cl)CC(C)O1. The quantitative estimate of drug-likeness (QED) is 0.892. The van der Waals surface area contributed by atoms with Crippen molar-refractivity contribution in [1.82, 2.24) is 10.2 Å². The fourth-order valence-corrected chi connectivity index (χ4v) is 3.54. The molecule has 1 fully saturated rings. The minimum absolute atomic E-state index is 0.00943. The van der Waals surface area contributed by atoms with Gasteiger partial charge >= 0.3 is 0 Å². The van der Waals surface area contributed by atoms with E-state index >= 15 is 0 Å². The number of hydrogen-bond acceptors (Lipinski definition) is 3. The second kappa shape index (κ2) is 7.84. The number of amides is 1. The minimum Gasteiger partial charge on any atom is -0.373 e. The van der Waals surface area contributed by atoms with Crippen molar-refractivity contribution in [2.24, 2.45) is 0 Å². The predicted molar refractivity (Wildman–Crippen MR) is 94.1 cm³/mol. The Labute approximate surface area is 148 Å². The predicted octanol–water partition coefficient (Wildman–Crippen LogP) is 3.67. The molecule has 0 aliphatic carbocycles. The first-order valence-corrected chi connectivity index (χ1v) is 8.68. The minimum atomic E-state index is -0.211. The number of nitrogens with zero attached hydrogens (tertiary/aromatic N) is 1. The van der Waals surface area contributed by atoms with Gasteiger partial charge in [0.2, 0.25) is 5.91 Å². The molecule has 1 aliphatic rings. The van der Waals surface area contributed by atoms with Gasteiger partial charge < -0.3 is 10.1 Å². The van der Waals surface area contributed by atoms with E-state index in [2.05, 4.69) is 10.2 Å². The van der Waals surface area contributed by atoms with Crippen LogP contribution in [0, 0.1) is 0 Å². The molecule has 2 rings (SSSR count). The smallest absolute Gasteiger partial charge is 0.237 e. The van der Waals surface area contributed by atoms with Gasteiger partial charge in [0.05, 0.1) is 24.3 Å². The Balaban J connectivity index is 2.00. The van der Waals surface area contributed by atoms with Crippen molar-refractivity contribution in [3.8, 4) is 0 Å². The monoisotopic (exact) mass is 358 g/mol. The summed E-state index contributed by atoms with van der Waals surface area (Å²) >= 11 is 12.1. The molecule has 0 bridgehead atoms. The first-order valence-electron chi connectivity index (χ1n) is 7.92. The molecule has 1 aromatic rings. The van der Waals surface area contributed by atoms with Gasteiger partial charge in [0.25, 0.3) is 0 Å². The topological polar surface area (TPSA) is 41.6 Å². The van der Waals surface area contributed by atoms with Gasteiger partial charge in [-0.2, -0.15) is 0 Å². The molecule has 1 amide bonds. The van der Waals surface area contributed by atoms with Crippen LogP contribution in [0.2, 0.25) is 10.0 Å². The Morgan fingerprint density at radius 2 is 1.87 bits per heavy atom. The highest BCUT2D eigenvalue weighted by Gasteiger charge is 2.29. The van der Waals surface area contributed by atoms with Gasteiger partial charge in [-0.1, -0.05) is 29.3 Å². The number of ether oxygens (including phenoxy) is 1. The van der Waals surface area contributed by atoms with Gasteiger partial charge in [-0.05, 0) is 45.4 Å². The molecule has 1 aromatic carbocycles. The molecular weight excluding hydrogens is 335 g/mol. The van der Waals surface area contributed by atoms with Crippen LogP contribution >= 0.6 is 23.2 Å². The summed E-state index contributed by atoms with van der Waals surface area (Å²) in [6, 6.07) is 4.93. The van der Waals surface area contributed by atoms with E-state index in [1.54, 1.807) is 12.1 Å². The number of carbonyl (C=O) groups is 1. The average molecular weight is 359 g/mol. The molecule has 4 unspecified atom stereocenters. The summed E-state index contributed by atoms with van der Waals surface area (Å²) in [5.74, 6) is -0.00943.